The van der Waals surface area contributed by atoms with Crippen molar-refractivity contribution >= 4 is 21.6 Å². The van der Waals surface area contributed by atoms with Gasteiger partial charge in [-0.1, -0.05) is 6.42 Å². The van der Waals surface area contributed by atoms with E-state index in [4.69, 9.17) is 10.2 Å². The smallest absolute Gasteiger partial charge is 0.0546 e. The highest BCUT2D eigenvalue weighted by molar-refractivity contribution is 7.85. The van der Waals surface area contributed by atoms with Gasteiger partial charge in [-0.25, -0.2) is 0 Å². The van der Waals surface area contributed by atoms with E-state index in [0.29, 0.717) is 23.0 Å². The molecule has 0 bridgehead atoms. The normalized spacial score (nSPS) is 15.1. The van der Waals surface area contributed by atoms with Gasteiger partial charge >= 0.3 is 0 Å². The minimum Gasteiger partial charge on any atom is -0.395 e. The van der Waals surface area contributed by atoms with Crippen LogP contribution in [-0.4, -0.2) is 54.9 Å². The molecule has 15 heavy (non-hydrogen) atoms. The predicted octanol–water partition coefficient (Wildman–Crippen LogP) is -0.361. The van der Waals surface area contributed by atoms with Gasteiger partial charge in [0, 0.05) is 44.6 Å². The number of aliphatic hydroxyl groups excluding tert-OH is 2. The lowest BCUT2D eigenvalue weighted by atomic mass is 10.3. The van der Waals surface area contributed by atoms with Crippen LogP contribution in [0.4, 0.5) is 0 Å². The van der Waals surface area contributed by atoms with Crippen LogP contribution >= 0.6 is 0 Å². The lowest BCUT2D eigenvalue weighted by molar-refractivity contribution is 0.321. The summed E-state index contributed by atoms with van der Waals surface area (Å²) in [5.74, 6) is 1.95. The molecule has 0 aromatic carbocycles. The first-order chi connectivity index (χ1) is 7.20. The van der Waals surface area contributed by atoms with Crippen molar-refractivity contribution < 1.29 is 18.6 Å². The Morgan fingerprint density at radius 2 is 1.07 bits per heavy atom. The molecule has 0 aliphatic heterocycles. The zero-order chi connectivity index (χ0) is 11.5. The summed E-state index contributed by atoms with van der Waals surface area (Å²) in [6, 6.07) is 0. The Balaban J connectivity index is 3.24. The van der Waals surface area contributed by atoms with E-state index in [1.165, 1.54) is 0 Å². The molecule has 0 aliphatic rings. The molecule has 0 aromatic heterocycles. The van der Waals surface area contributed by atoms with Crippen molar-refractivity contribution in [2.75, 3.05) is 36.2 Å². The van der Waals surface area contributed by atoms with Gasteiger partial charge in [0.2, 0.25) is 0 Å². The van der Waals surface area contributed by atoms with E-state index in [0.717, 1.165) is 19.3 Å². The van der Waals surface area contributed by atoms with Crippen LogP contribution in [0.2, 0.25) is 0 Å². The Morgan fingerprint density at radius 1 is 0.667 bits per heavy atom. The van der Waals surface area contributed by atoms with Gasteiger partial charge in [-0.3, -0.25) is 8.42 Å². The quantitative estimate of drug-likeness (QED) is 0.523. The largest absolute Gasteiger partial charge is 0.395 e. The van der Waals surface area contributed by atoms with Crippen LogP contribution in [0, 0.1) is 0 Å². The second kappa shape index (κ2) is 10.7. The Morgan fingerprint density at radius 3 is 1.40 bits per heavy atom. The lowest BCUT2D eigenvalue weighted by Crippen LogP contribution is -2.08. The summed E-state index contributed by atoms with van der Waals surface area (Å²) in [5.41, 5.74) is 0. The average Bonchev–Trinajstić information content (AvgIpc) is 2.18. The van der Waals surface area contributed by atoms with E-state index in [1.54, 1.807) is 0 Å². The van der Waals surface area contributed by atoms with Crippen LogP contribution in [0.1, 0.15) is 19.3 Å². The Hall–Kier alpha value is 0.220. The third-order valence-electron chi connectivity index (χ3n) is 1.88. The zero-order valence-corrected chi connectivity index (χ0v) is 10.5. The van der Waals surface area contributed by atoms with Gasteiger partial charge in [-0.05, 0) is 12.8 Å². The Kier molecular flexibility index (Phi) is 10.9. The maximum atomic E-state index is 11.1. The fourth-order valence-corrected chi connectivity index (χ4v) is 2.98. The molecule has 0 rings (SSSR count). The maximum Gasteiger partial charge on any atom is 0.0546 e. The summed E-state index contributed by atoms with van der Waals surface area (Å²) in [4.78, 5) is 0. The molecule has 0 fully saturated rings. The molecule has 0 heterocycles. The first-order valence-electron chi connectivity index (χ1n) is 5.12. The SMILES string of the molecule is O=[S@](CCO)CCCCC[S@@](=O)CCO. The van der Waals surface area contributed by atoms with E-state index in [1.807, 2.05) is 0 Å². The molecule has 0 spiro atoms. The number of rotatable bonds is 10. The third-order valence-corrected chi connectivity index (χ3v) is 4.65. The molecule has 0 radical (unpaired) electrons. The fraction of sp³-hybridized carbons (Fsp3) is 1.00. The van der Waals surface area contributed by atoms with Crippen molar-refractivity contribution in [3.8, 4) is 0 Å². The minimum absolute atomic E-state index is 0.0207. The van der Waals surface area contributed by atoms with Crippen molar-refractivity contribution in [3.05, 3.63) is 0 Å². The topological polar surface area (TPSA) is 74.6 Å². The van der Waals surface area contributed by atoms with Gasteiger partial charge in [-0.2, -0.15) is 0 Å². The highest BCUT2D eigenvalue weighted by Crippen LogP contribution is 1.99. The molecule has 0 aromatic rings. The molecular formula is C9H20O4S2. The van der Waals surface area contributed by atoms with Crippen molar-refractivity contribution in [2.24, 2.45) is 0 Å². The molecule has 2 N–H and O–H groups in total. The van der Waals surface area contributed by atoms with Crippen LogP contribution in [-0.2, 0) is 21.6 Å². The molecule has 0 unspecified atom stereocenters. The van der Waals surface area contributed by atoms with E-state index in [9.17, 15) is 8.42 Å². The summed E-state index contributed by atoms with van der Waals surface area (Å²) < 4.78 is 22.2. The second-order valence-corrected chi connectivity index (χ2v) is 6.60. The van der Waals surface area contributed by atoms with E-state index < -0.39 is 21.6 Å². The Labute approximate surface area is 96.0 Å². The summed E-state index contributed by atoms with van der Waals surface area (Å²) in [5, 5.41) is 17.0. The summed E-state index contributed by atoms with van der Waals surface area (Å²) >= 11 is 0. The first kappa shape index (κ1) is 15.2. The Bertz CT molecular complexity index is 177. The molecular weight excluding hydrogens is 236 g/mol. The minimum atomic E-state index is -0.903. The van der Waals surface area contributed by atoms with E-state index in [2.05, 4.69) is 0 Å². The van der Waals surface area contributed by atoms with Crippen molar-refractivity contribution in [1.82, 2.24) is 0 Å². The van der Waals surface area contributed by atoms with Crippen LogP contribution in [0.5, 0.6) is 0 Å². The fourth-order valence-electron chi connectivity index (χ4n) is 1.11. The molecule has 0 saturated heterocycles. The maximum absolute atomic E-state index is 11.1. The molecule has 0 saturated carbocycles. The third kappa shape index (κ3) is 10.5. The van der Waals surface area contributed by atoms with Gasteiger partial charge in [-0.15, -0.1) is 0 Å². The molecule has 92 valence electrons. The number of unbranched alkanes of at least 4 members (excludes halogenated alkanes) is 2. The average molecular weight is 256 g/mol. The number of hydrogen-bond donors (Lipinski definition) is 2. The molecule has 0 amide bonds. The summed E-state index contributed by atoms with van der Waals surface area (Å²) in [6.45, 7) is -0.0414. The summed E-state index contributed by atoms with van der Waals surface area (Å²) in [6.07, 6.45) is 2.61. The standard InChI is InChI=1S/C9H20O4S2/c10-4-8-14(12)6-2-1-3-7-15(13)9-5-11/h10-11H,1-9H2/t14-,15+. The van der Waals surface area contributed by atoms with E-state index >= 15 is 0 Å². The molecule has 0 aliphatic carbocycles. The van der Waals surface area contributed by atoms with Gasteiger partial charge < -0.3 is 10.2 Å². The van der Waals surface area contributed by atoms with E-state index in [-0.39, 0.29) is 13.2 Å². The first-order valence-corrected chi connectivity index (χ1v) is 8.10. The molecule has 6 heteroatoms. The number of aliphatic hydroxyl groups is 2. The van der Waals surface area contributed by atoms with Gasteiger partial charge in [0.25, 0.3) is 0 Å². The molecule has 4 nitrogen and oxygen atoms in total. The van der Waals surface area contributed by atoms with Crippen LogP contribution in [0.15, 0.2) is 0 Å². The van der Waals surface area contributed by atoms with Crippen molar-refractivity contribution in [1.29, 1.82) is 0 Å². The van der Waals surface area contributed by atoms with Crippen molar-refractivity contribution in [3.63, 3.8) is 0 Å². The van der Waals surface area contributed by atoms with Crippen molar-refractivity contribution in [2.45, 2.75) is 19.3 Å². The van der Waals surface area contributed by atoms with Gasteiger partial charge in [0.15, 0.2) is 0 Å². The summed E-state index contributed by atoms with van der Waals surface area (Å²) in [7, 11) is -1.81. The van der Waals surface area contributed by atoms with Gasteiger partial charge in [0.1, 0.15) is 0 Å². The van der Waals surface area contributed by atoms with Crippen LogP contribution in [0.25, 0.3) is 0 Å². The number of hydrogen-bond acceptors (Lipinski definition) is 4. The van der Waals surface area contributed by atoms with Crippen LogP contribution in [0.3, 0.4) is 0 Å². The predicted molar refractivity (Wildman–Crippen MR) is 63.8 cm³/mol. The van der Waals surface area contributed by atoms with Crippen LogP contribution < -0.4 is 0 Å². The molecule has 2 atom stereocenters. The van der Waals surface area contributed by atoms with Gasteiger partial charge in [0.05, 0.1) is 13.2 Å². The highest BCUT2D eigenvalue weighted by atomic mass is 32.2. The highest BCUT2D eigenvalue weighted by Gasteiger charge is 2.00. The zero-order valence-electron chi connectivity index (χ0n) is 8.89. The monoisotopic (exact) mass is 256 g/mol. The lowest BCUT2D eigenvalue weighted by Gasteiger charge is -2.01. The second-order valence-electron chi connectivity index (χ2n) is 3.20.